The lowest BCUT2D eigenvalue weighted by atomic mass is 10.2. The predicted molar refractivity (Wildman–Crippen MR) is 58.8 cm³/mol. The summed E-state index contributed by atoms with van der Waals surface area (Å²) in [6.07, 6.45) is 3.17. The molecule has 2 aromatic rings. The molecule has 0 unspecified atom stereocenters. The molecule has 0 atom stereocenters. The Bertz CT molecular complexity index is 517. The van der Waals surface area contributed by atoms with Gasteiger partial charge in [0.1, 0.15) is 23.3 Å². The van der Waals surface area contributed by atoms with E-state index in [1.807, 2.05) is 30.7 Å². The first-order chi connectivity index (χ1) is 7.72. The Morgan fingerprint density at radius 2 is 2.31 bits per heavy atom. The van der Waals surface area contributed by atoms with Gasteiger partial charge < -0.3 is 8.98 Å². The topological polar surface area (TPSA) is 54.8 Å². The minimum absolute atomic E-state index is 0.643. The van der Waals surface area contributed by atoms with Gasteiger partial charge in [0.25, 0.3) is 0 Å². The summed E-state index contributed by atoms with van der Waals surface area (Å²) < 4.78 is 7.07. The average Bonchev–Trinajstić information content (AvgIpc) is 2.86. The predicted octanol–water partition coefficient (Wildman–Crippen LogP) is 1.98. The highest BCUT2D eigenvalue weighted by molar-refractivity contribution is 5.29. The third kappa shape index (κ3) is 1.84. The van der Waals surface area contributed by atoms with Crippen molar-refractivity contribution in [3.63, 3.8) is 0 Å². The number of hydrogen-bond donors (Lipinski definition) is 0. The quantitative estimate of drug-likeness (QED) is 0.786. The van der Waals surface area contributed by atoms with Crippen molar-refractivity contribution in [2.75, 3.05) is 0 Å². The lowest BCUT2D eigenvalue weighted by Gasteiger charge is -1.96. The van der Waals surface area contributed by atoms with Crippen LogP contribution in [0.25, 0.3) is 0 Å². The van der Waals surface area contributed by atoms with Gasteiger partial charge in [-0.05, 0) is 25.5 Å². The van der Waals surface area contributed by atoms with E-state index in [0.717, 1.165) is 30.1 Å². The Morgan fingerprint density at radius 1 is 1.50 bits per heavy atom. The van der Waals surface area contributed by atoms with Gasteiger partial charge in [-0.3, -0.25) is 0 Å². The molecule has 16 heavy (non-hydrogen) atoms. The molecule has 0 radical (unpaired) electrons. The molecule has 0 bridgehead atoms. The molecular weight excluding hydrogens is 202 g/mol. The highest BCUT2D eigenvalue weighted by Gasteiger charge is 2.11. The van der Waals surface area contributed by atoms with Crippen LogP contribution in [0, 0.1) is 18.3 Å². The Labute approximate surface area is 94.1 Å². The van der Waals surface area contributed by atoms with Crippen LogP contribution in [0.5, 0.6) is 0 Å². The first kappa shape index (κ1) is 10.5. The second-order valence-corrected chi connectivity index (χ2v) is 3.70. The van der Waals surface area contributed by atoms with Crippen molar-refractivity contribution >= 4 is 0 Å². The molecule has 2 heterocycles. The lowest BCUT2D eigenvalue weighted by Crippen LogP contribution is -1.97. The monoisotopic (exact) mass is 215 g/mol. The molecule has 0 fully saturated rings. The molecule has 0 saturated carbocycles. The van der Waals surface area contributed by atoms with Gasteiger partial charge in [-0.15, -0.1) is 0 Å². The fraction of sp³-hybridized carbons (Fsp3) is 0.333. The molecule has 2 aromatic heterocycles. The van der Waals surface area contributed by atoms with Gasteiger partial charge in [-0.2, -0.15) is 5.26 Å². The van der Waals surface area contributed by atoms with E-state index in [4.69, 9.17) is 9.68 Å². The molecule has 0 amide bonds. The Morgan fingerprint density at radius 3 is 2.94 bits per heavy atom. The van der Waals surface area contributed by atoms with Crippen LogP contribution in [0.4, 0.5) is 0 Å². The van der Waals surface area contributed by atoms with Crippen molar-refractivity contribution in [2.24, 2.45) is 7.05 Å². The second-order valence-electron chi connectivity index (χ2n) is 3.70. The van der Waals surface area contributed by atoms with Gasteiger partial charge in [-0.25, -0.2) is 4.98 Å². The molecule has 0 aliphatic rings. The van der Waals surface area contributed by atoms with E-state index in [-0.39, 0.29) is 0 Å². The van der Waals surface area contributed by atoms with E-state index in [9.17, 15) is 0 Å². The van der Waals surface area contributed by atoms with E-state index >= 15 is 0 Å². The van der Waals surface area contributed by atoms with Gasteiger partial charge in [-0.1, -0.05) is 0 Å². The molecule has 0 aliphatic carbocycles. The number of aromatic nitrogens is 2. The zero-order chi connectivity index (χ0) is 11.5. The van der Waals surface area contributed by atoms with Crippen molar-refractivity contribution in [3.8, 4) is 6.07 Å². The largest absolute Gasteiger partial charge is 0.469 e. The van der Waals surface area contributed by atoms with Crippen molar-refractivity contribution in [3.05, 3.63) is 41.4 Å². The van der Waals surface area contributed by atoms with Gasteiger partial charge in [0.2, 0.25) is 0 Å². The Hall–Kier alpha value is -2.02. The second kappa shape index (κ2) is 4.23. The summed E-state index contributed by atoms with van der Waals surface area (Å²) in [5.74, 6) is 1.79. The van der Waals surface area contributed by atoms with Gasteiger partial charge >= 0.3 is 0 Å². The van der Waals surface area contributed by atoms with E-state index < -0.39 is 0 Å². The molecule has 0 aliphatic heterocycles. The summed E-state index contributed by atoms with van der Waals surface area (Å²) in [7, 11) is 1.86. The van der Waals surface area contributed by atoms with Crippen LogP contribution in [-0.2, 0) is 19.9 Å². The van der Waals surface area contributed by atoms with Crippen molar-refractivity contribution in [1.82, 2.24) is 9.55 Å². The van der Waals surface area contributed by atoms with Crippen LogP contribution in [0.1, 0.15) is 23.0 Å². The van der Waals surface area contributed by atoms with Gasteiger partial charge in [0, 0.05) is 13.5 Å². The summed E-state index contributed by atoms with van der Waals surface area (Å²) in [6, 6.07) is 5.98. The Kier molecular flexibility index (Phi) is 2.78. The maximum atomic E-state index is 9.04. The maximum Gasteiger partial charge on any atom is 0.143 e. The minimum Gasteiger partial charge on any atom is -0.469 e. The molecule has 4 nitrogen and oxygen atoms in total. The van der Waals surface area contributed by atoms with Crippen LogP contribution in [0.3, 0.4) is 0 Å². The fourth-order valence-corrected chi connectivity index (χ4v) is 1.69. The fourth-order valence-electron chi connectivity index (χ4n) is 1.69. The molecule has 0 aromatic carbocycles. The number of rotatable bonds is 3. The number of furan rings is 1. The first-order valence-electron chi connectivity index (χ1n) is 5.17. The van der Waals surface area contributed by atoms with Crippen molar-refractivity contribution in [2.45, 2.75) is 19.8 Å². The minimum atomic E-state index is 0.643. The summed E-state index contributed by atoms with van der Waals surface area (Å²) in [6.45, 7) is 1.90. The van der Waals surface area contributed by atoms with Crippen LogP contribution >= 0.6 is 0 Å². The number of nitrogens with zero attached hydrogens (tertiary/aromatic N) is 3. The van der Waals surface area contributed by atoms with Crippen LogP contribution < -0.4 is 0 Å². The number of imidazole rings is 1. The molecular formula is C12H13N3O. The lowest BCUT2D eigenvalue weighted by molar-refractivity contribution is 0.507. The zero-order valence-corrected chi connectivity index (χ0v) is 9.40. The van der Waals surface area contributed by atoms with E-state index in [2.05, 4.69) is 11.1 Å². The van der Waals surface area contributed by atoms with Gasteiger partial charge in [0.05, 0.1) is 12.0 Å². The van der Waals surface area contributed by atoms with Crippen molar-refractivity contribution in [1.29, 1.82) is 5.26 Å². The number of aryl methyl sites for hydroxylation is 3. The summed E-state index contributed by atoms with van der Waals surface area (Å²) in [5.41, 5.74) is 1.49. The van der Waals surface area contributed by atoms with E-state index in [1.54, 1.807) is 6.26 Å². The third-order valence-electron chi connectivity index (χ3n) is 2.69. The molecule has 0 N–H and O–H groups in total. The molecule has 2 rings (SSSR count). The van der Waals surface area contributed by atoms with Crippen LogP contribution in [0.15, 0.2) is 22.8 Å². The highest BCUT2D eigenvalue weighted by Crippen LogP contribution is 2.12. The highest BCUT2D eigenvalue weighted by atomic mass is 16.3. The smallest absolute Gasteiger partial charge is 0.143 e. The molecule has 0 spiro atoms. The molecule has 0 saturated heterocycles. The average molecular weight is 215 g/mol. The summed E-state index contributed by atoms with van der Waals surface area (Å²) in [4.78, 5) is 4.38. The third-order valence-corrected chi connectivity index (χ3v) is 2.69. The normalized spacial score (nSPS) is 10.3. The SMILES string of the molecule is Cc1nc(CCc2ccco2)c(C#N)n1C. The van der Waals surface area contributed by atoms with E-state index in [0.29, 0.717) is 5.69 Å². The molecule has 82 valence electrons. The Balaban J connectivity index is 2.16. The van der Waals surface area contributed by atoms with E-state index in [1.165, 1.54) is 0 Å². The van der Waals surface area contributed by atoms with Crippen LogP contribution in [-0.4, -0.2) is 9.55 Å². The molecule has 4 heteroatoms. The summed E-state index contributed by atoms with van der Waals surface area (Å²) in [5, 5.41) is 9.04. The van der Waals surface area contributed by atoms with Crippen LogP contribution in [0.2, 0.25) is 0 Å². The van der Waals surface area contributed by atoms with Crippen molar-refractivity contribution < 1.29 is 4.42 Å². The standard InChI is InChI=1S/C12H13N3O/c1-9-14-11(12(8-13)15(9)2)6-5-10-4-3-7-16-10/h3-4,7H,5-6H2,1-2H3. The maximum absolute atomic E-state index is 9.04. The van der Waals surface area contributed by atoms with Gasteiger partial charge in [0.15, 0.2) is 0 Å². The number of hydrogen-bond acceptors (Lipinski definition) is 3. The summed E-state index contributed by atoms with van der Waals surface area (Å²) >= 11 is 0. The zero-order valence-electron chi connectivity index (χ0n) is 9.40. The first-order valence-corrected chi connectivity index (χ1v) is 5.17. The number of nitriles is 1.